The number of carbonyl (C=O) groups is 1. The van der Waals surface area contributed by atoms with Gasteiger partial charge in [-0.15, -0.1) is 0 Å². The minimum Gasteiger partial charge on any atom is -0.471 e. The molecular formula is C19H24N8O2. The Bertz CT molecular complexity index is 1020. The predicted octanol–water partition coefficient (Wildman–Crippen LogP) is 1.79. The summed E-state index contributed by atoms with van der Waals surface area (Å²) in [5, 5.41) is 2.82. The number of hydrogen-bond acceptors (Lipinski definition) is 7. The average Bonchev–Trinajstić information content (AvgIpc) is 3.34. The number of amides is 2. The zero-order chi connectivity index (χ0) is 20.4. The first-order valence-corrected chi connectivity index (χ1v) is 9.80. The molecule has 29 heavy (non-hydrogen) atoms. The zero-order valence-corrected chi connectivity index (χ0v) is 16.8. The summed E-state index contributed by atoms with van der Waals surface area (Å²) >= 11 is 0. The molecule has 152 valence electrons. The lowest BCUT2D eigenvalue weighted by Gasteiger charge is -2.17. The second-order valence-electron chi connectivity index (χ2n) is 6.86. The molecule has 4 rings (SSSR count). The van der Waals surface area contributed by atoms with Crippen LogP contribution in [0.15, 0.2) is 18.7 Å². The average molecular weight is 396 g/mol. The molecule has 3 aromatic rings. The summed E-state index contributed by atoms with van der Waals surface area (Å²) in [5.41, 5.74) is 2.11. The van der Waals surface area contributed by atoms with E-state index in [1.54, 1.807) is 17.3 Å². The van der Waals surface area contributed by atoms with E-state index in [0.29, 0.717) is 49.0 Å². The van der Waals surface area contributed by atoms with Crippen molar-refractivity contribution in [1.82, 2.24) is 39.7 Å². The molecule has 1 N–H and O–H groups in total. The third kappa shape index (κ3) is 3.69. The van der Waals surface area contributed by atoms with E-state index in [1.165, 1.54) is 6.33 Å². The van der Waals surface area contributed by atoms with Crippen molar-refractivity contribution >= 4 is 17.2 Å². The summed E-state index contributed by atoms with van der Waals surface area (Å²) in [4.78, 5) is 35.8. The van der Waals surface area contributed by atoms with Crippen LogP contribution < -0.4 is 10.1 Å². The summed E-state index contributed by atoms with van der Waals surface area (Å²) in [5.74, 6) is 1.86. The number of ether oxygens (including phenoxy) is 1. The van der Waals surface area contributed by atoms with E-state index in [4.69, 9.17) is 9.72 Å². The van der Waals surface area contributed by atoms with Gasteiger partial charge in [-0.1, -0.05) is 0 Å². The van der Waals surface area contributed by atoms with Crippen molar-refractivity contribution in [3.8, 4) is 17.3 Å². The number of hydrogen-bond donors (Lipinski definition) is 1. The third-order valence-corrected chi connectivity index (χ3v) is 4.89. The highest BCUT2D eigenvalue weighted by atomic mass is 16.5. The highest BCUT2D eigenvalue weighted by molar-refractivity contribution is 5.81. The van der Waals surface area contributed by atoms with Gasteiger partial charge in [-0.05, 0) is 20.8 Å². The van der Waals surface area contributed by atoms with Crippen molar-refractivity contribution in [3.05, 3.63) is 24.5 Å². The van der Waals surface area contributed by atoms with Crippen LogP contribution in [0.3, 0.4) is 0 Å². The van der Waals surface area contributed by atoms with E-state index < -0.39 is 0 Å². The van der Waals surface area contributed by atoms with Crippen molar-refractivity contribution in [2.24, 2.45) is 0 Å². The number of nitrogens with one attached hydrogen (secondary N) is 1. The van der Waals surface area contributed by atoms with Crippen molar-refractivity contribution < 1.29 is 9.53 Å². The van der Waals surface area contributed by atoms with Crippen molar-refractivity contribution in [2.45, 2.75) is 39.8 Å². The van der Waals surface area contributed by atoms with Crippen LogP contribution in [0, 0.1) is 6.92 Å². The number of fused-ring (bicyclic) bond motifs is 1. The van der Waals surface area contributed by atoms with E-state index in [9.17, 15) is 4.79 Å². The molecule has 0 saturated carbocycles. The molecule has 1 aliphatic rings. The van der Waals surface area contributed by atoms with Gasteiger partial charge in [-0.25, -0.2) is 24.7 Å². The third-order valence-electron chi connectivity index (χ3n) is 4.89. The number of aryl methyl sites for hydroxylation is 2. The fourth-order valence-electron chi connectivity index (χ4n) is 3.46. The number of nitrogens with zero attached hydrogens (tertiary/aromatic N) is 7. The predicted molar refractivity (Wildman–Crippen MR) is 106 cm³/mol. The molecule has 1 fully saturated rings. The first-order valence-electron chi connectivity index (χ1n) is 9.80. The molecule has 10 nitrogen and oxygen atoms in total. The molecule has 0 aromatic carbocycles. The number of aromatic nitrogens is 6. The summed E-state index contributed by atoms with van der Waals surface area (Å²) in [7, 11) is 0. The minimum atomic E-state index is -0.131. The van der Waals surface area contributed by atoms with Gasteiger partial charge in [-0.2, -0.15) is 4.98 Å². The van der Waals surface area contributed by atoms with Crippen molar-refractivity contribution in [1.29, 1.82) is 0 Å². The van der Waals surface area contributed by atoms with Crippen LogP contribution >= 0.6 is 0 Å². The quantitative estimate of drug-likeness (QED) is 0.700. The number of imidazole rings is 1. The van der Waals surface area contributed by atoms with Gasteiger partial charge in [-0.3, -0.25) is 0 Å². The van der Waals surface area contributed by atoms with Crippen LogP contribution in [-0.2, 0) is 6.54 Å². The number of likely N-dealkylation sites (tertiary alicyclic amines) is 1. The zero-order valence-electron chi connectivity index (χ0n) is 16.8. The van der Waals surface area contributed by atoms with Gasteiger partial charge in [0, 0.05) is 38.4 Å². The van der Waals surface area contributed by atoms with Crippen molar-refractivity contribution in [2.75, 3.05) is 19.6 Å². The first-order chi connectivity index (χ1) is 14.1. The van der Waals surface area contributed by atoms with Crippen LogP contribution in [0.2, 0.25) is 0 Å². The van der Waals surface area contributed by atoms with Crippen LogP contribution in [-0.4, -0.2) is 66.2 Å². The SMILES string of the molecule is CCNC(=O)N1CCC(Oc2ncnc3c2nc(-c2cnc(C)nc2)n3CC)C1. The smallest absolute Gasteiger partial charge is 0.317 e. The topological polar surface area (TPSA) is 111 Å². The number of urea groups is 1. The van der Waals surface area contributed by atoms with E-state index >= 15 is 0 Å². The normalized spacial score (nSPS) is 16.4. The number of rotatable bonds is 5. The molecular weight excluding hydrogens is 372 g/mol. The fourth-order valence-corrected chi connectivity index (χ4v) is 3.46. The fraction of sp³-hybridized carbons (Fsp3) is 0.474. The molecule has 0 spiro atoms. The van der Waals surface area contributed by atoms with Crippen LogP contribution in [0.25, 0.3) is 22.6 Å². The van der Waals surface area contributed by atoms with Gasteiger partial charge >= 0.3 is 6.03 Å². The standard InChI is InChI=1S/C19H24N8O2/c1-4-20-19(28)26-7-6-14(10-26)29-18-15-17(23-11-24-18)27(5-2)16(25-15)13-8-21-12(3)22-9-13/h8-9,11,14H,4-7,10H2,1-3H3,(H,20,28). The van der Waals surface area contributed by atoms with Gasteiger partial charge in [0.15, 0.2) is 11.2 Å². The van der Waals surface area contributed by atoms with E-state index in [1.807, 2.05) is 25.3 Å². The van der Waals surface area contributed by atoms with E-state index in [-0.39, 0.29) is 12.1 Å². The van der Waals surface area contributed by atoms with Crippen LogP contribution in [0.5, 0.6) is 5.88 Å². The molecule has 4 heterocycles. The summed E-state index contributed by atoms with van der Waals surface area (Å²) in [6.07, 6.45) is 5.61. The Balaban J connectivity index is 1.63. The molecule has 0 radical (unpaired) electrons. The van der Waals surface area contributed by atoms with Crippen LogP contribution in [0.4, 0.5) is 4.79 Å². The maximum absolute atomic E-state index is 12.0. The Morgan fingerprint density at radius 3 is 2.76 bits per heavy atom. The molecule has 3 aromatic heterocycles. The minimum absolute atomic E-state index is 0.0663. The van der Waals surface area contributed by atoms with Gasteiger partial charge in [0.05, 0.1) is 12.1 Å². The lowest BCUT2D eigenvalue weighted by Crippen LogP contribution is -2.39. The second-order valence-corrected chi connectivity index (χ2v) is 6.86. The number of carbonyl (C=O) groups excluding carboxylic acids is 1. The maximum atomic E-state index is 12.0. The van der Waals surface area contributed by atoms with Gasteiger partial charge in [0.2, 0.25) is 5.88 Å². The summed E-state index contributed by atoms with van der Waals surface area (Å²) < 4.78 is 8.13. The van der Waals surface area contributed by atoms with Gasteiger partial charge < -0.3 is 19.5 Å². The molecule has 1 aliphatic heterocycles. The maximum Gasteiger partial charge on any atom is 0.317 e. The summed E-state index contributed by atoms with van der Waals surface area (Å²) in [6, 6.07) is -0.0663. The Morgan fingerprint density at radius 2 is 2.03 bits per heavy atom. The van der Waals surface area contributed by atoms with Gasteiger partial charge in [0.1, 0.15) is 24.1 Å². The Labute approximate surface area is 168 Å². The lowest BCUT2D eigenvalue weighted by atomic mass is 10.3. The Morgan fingerprint density at radius 1 is 1.24 bits per heavy atom. The molecule has 1 atom stereocenters. The first kappa shape index (κ1) is 19.0. The molecule has 10 heteroatoms. The van der Waals surface area contributed by atoms with Crippen LogP contribution in [0.1, 0.15) is 26.1 Å². The highest BCUT2D eigenvalue weighted by Gasteiger charge is 2.29. The molecule has 2 amide bonds. The molecule has 0 bridgehead atoms. The summed E-state index contributed by atoms with van der Waals surface area (Å²) in [6.45, 7) is 8.24. The highest BCUT2D eigenvalue weighted by Crippen LogP contribution is 2.28. The Kier molecular flexibility index (Phi) is 5.24. The molecule has 1 unspecified atom stereocenters. The van der Waals surface area contributed by atoms with Gasteiger partial charge in [0.25, 0.3) is 0 Å². The van der Waals surface area contributed by atoms with Crippen molar-refractivity contribution in [3.63, 3.8) is 0 Å². The van der Waals surface area contributed by atoms with E-state index in [0.717, 1.165) is 17.8 Å². The van der Waals surface area contributed by atoms with E-state index in [2.05, 4.69) is 25.3 Å². The second kappa shape index (κ2) is 7.98. The molecule has 1 saturated heterocycles. The largest absolute Gasteiger partial charge is 0.471 e. The monoisotopic (exact) mass is 396 g/mol. The lowest BCUT2D eigenvalue weighted by molar-refractivity contribution is 0.184. The molecule has 0 aliphatic carbocycles. The Hall–Kier alpha value is -3.30.